The van der Waals surface area contributed by atoms with Crippen LogP contribution in [0.15, 0.2) is 12.3 Å². The molecule has 12 heavy (non-hydrogen) atoms. The second kappa shape index (κ2) is 3.25. The van der Waals surface area contributed by atoms with Gasteiger partial charge in [0, 0.05) is 12.3 Å². The number of ether oxygens (including phenoxy) is 1. The van der Waals surface area contributed by atoms with Crippen molar-refractivity contribution in [1.29, 1.82) is 0 Å². The van der Waals surface area contributed by atoms with E-state index in [9.17, 15) is 4.79 Å². The molecule has 0 spiro atoms. The van der Waals surface area contributed by atoms with Crippen molar-refractivity contribution in [3.05, 3.63) is 18.0 Å². The van der Waals surface area contributed by atoms with E-state index in [1.165, 1.54) is 19.4 Å². The van der Waals surface area contributed by atoms with Crippen LogP contribution >= 0.6 is 0 Å². The molecule has 0 aliphatic rings. The summed E-state index contributed by atoms with van der Waals surface area (Å²) < 4.78 is 4.81. The summed E-state index contributed by atoms with van der Waals surface area (Å²) in [5.41, 5.74) is 0.239. The lowest BCUT2D eigenvalue weighted by Crippen LogP contribution is -2.11. The fourth-order valence-electron chi connectivity index (χ4n) is 0.741. The largest absolute Gasteiger partial charge is 0.497 e. The Morgan fingerprint density at radius 2 is 2.42 bits per heavy atom. The summed E-state index contributed by atoms with van der Waals surface area (Å²) in [5, 5.41) is 8.54. The summed E-state index contributed by atoms with van der Waals surface area (Å²) in [6, 6.07) is 1.28. The van der Waals surface area contributed by atoms with Gasteiger partial charge in [-0.25, -0.2) is 9.78 Å². The van der Waals surface area contributed by atoms with Crippen LogP contribution in [0.5, 0.6) is 5.75 Å². The number of methoxy groups -OCH3 is 1. The van der Waals surface area contributed by atoms with Gasteiger partial charge < -0.3 is 9.84 Å². The van der Waals surface area contributed by atoms with E-state index < -0.39 is 5.97 Å². The number of carboxylic acid groups (broad SMARTS) is 1. The van der Waals surface area contributed by atoms with E-state index in [1.807, 2.05) is 0 Å². The molecule has 0 bridgehead atoms. The van der Waals surface area contributed by atoms with Crippen LogP contribution in [0, 0.1) is 0 Å². The molecule has 0 atom stereocenters. The molecule has 1 rings (SSSR count). The highest BCUT2D eigenvalue weighted by molar-refractivity contribution is 6.34. The van der Waals surface area contributed by atoms with Crippen molar-refractivity contribution < 1.29 is 14.6 Å². The second-order valence-electron chi connectivity index (χ2n) is 2.12. The van der Waals surface area contributed by atoms with Crippen LogP contribution < -0.4 is 10.2 Å². The highest BCUT2D eigenvalue weighted by atomic mass is 16.5. The van der Waals surface area contributed by atoms with Gasteiger partial charge in [0.05, 0.1) is 7.11 Å². The summed E-state index contributed by atoms with van der Waals surface area (Å²) in [6.45, 7) is 0. The smallest absolute Gasteiger partial charge is 0.354 e. The van der Waals surface area contributed by atoms with E-state index in [0.717, 1.165) is 0 Å². The maximum absolute atomic E-state index is 10.4. The molecule has 0 fully saturated rings. The average molecular weight is 163 g/mol. The number of pyridine rings is 1. The zero-order valence-electron chi connectivity index (χ0n) is 6.44. The number of aromatic nitrogens is 1. The van der Waals surface area contributed by atoms with E-state index in [0.29, 0.717) is 11.2 Å². The number of nitrogens with zero attached hydrogens (tertiary/aromatic N) is 1. The molecule has 0 saturated carbocycles. The minimum Gasteiger partial charge on any atom is -0.497 e. The molecule has 0 aliphatic heterocycles. The van der Waals surface area contributed by atoms with Gasteiger partial charge >= 0.3 is 5.97 Å². The standard InChI is InChI=1S/C7H6BNO3/c1-12-6-2-5(7(10)11)9-3-4(6)8/h2-3H,1H3,(H,10,11). The number of rotatable bonds is 2. The van der Waals surface area contributed by atoms with Gasteiger partial charge in [-0.05, 0) is 5.46 Å². The normalized spacial score (nSPS) is 9.42. The van der Waals surface area contributed by atoms with Gasteiger partial charge in [-0.1, -0.05) is 0 Å². The average Bonchev–Trinajstić information content (AvgIpc) is 2.05. The molecule has 0 aromatic carbocycles. The first-order valence-electron chi connectivity index (χ1n) is 3.18. The van der Waals surface area contributed by atoms with Gasteiger partial charge in [-0.15, -0.1) is 0 Å². The van der Waals surface area contributed by atoms with Crippen LogP contribution in [0.3, 0.4) is 0 Å². The van der Waals surface area contributed by atoms with Crippen LogP contribution in [-0.2, 0) is 0 Å². The van der Waals surface area contributed by atoms with Gasteiger partial charge in [-0.3, -0.25) is 0 Å². The maximum Gasteiger partial charge on any atom is 0.354 e. The molecule has 0 unspecified atom stereocenters. The van der Waals surface area contributed by atoms with Crippen molar-refractivity contribution in [3.63, 3.8) is 0 Å². The first kappa shape index (κ1) is 8.58. The van der Waals surface area contributed by atoms with Crippen LogP contribution in [0.4, 0.5) is 0 Å². The van der Waals surface area contributed by atoms with E-state index >= 15 is 0 Å². The molecule has 60 valence electrons. The van der Waals surface area contributed by atoms with Gasteiger partial charge in [0.25, 0.3) is 0 Å². The Kier molecular flexibility index (Phi) is 2.33. The third-order valence-electron chi connectivity index (χ3n) is 1.33. The van der Waals surface area contributed by atoms with Crippen LogP contribution in [0.1, 0.15) is 10.5 Å². The zero-order chi connectivity index (χ0) is 9.14. The first-order chi connectivity index (χ1) is 5.65. The lowest BCUT2D eigenvalue weighted by molar-refractivity contribution is 0.0690. The van der Waals surface area contributed by atoms with Crippen LogP contribution in [0.25, 0.3) is 0 Å². The molecule has 4 nitrogen and oxygen atoms in total. The van der Waals surface area contributed by atoms with Crippen molar-refractivity contribution >= 4 is 19.3 Å². The van der Waals surface area contributed by atoms with Gasteiger partial charge in [-0.2, -0.15) is 0 Å². The predicted octanol–water partition coefficient (Wildman–Crippen LogP) is -0.418. The van der Waals surface area contributed by atoms with E-state index in [4.69, 9.17) is 17.7 Å². The monoisotopic (exact) mass is 163 g/mol. The number of hydrogen-bond acceptors (Lipinski definition) is 3. The van der Waals surface area contributed by atoms with E-state index in [-0.39, 0.29) is 5.69 Å². The Hall–Kier alpha value is -1.52. The van der Waals surface area contributed by atoms with Crippen LogP contribution in [0.2, 0.25) is 0 Å². The number of carbonyl (C=O) groups is 1. The van der Waals surface area contributed by atoms with Crippen molar-refractivity contribution in [2.45, 2.75) is 0 Å². The van der Waals surface area contributed by atoms with Crippen molar-refractivity contribution in [3.8, 4) is 5.75 Å². The molecule has 0 aliphatic carbocycles. The predicted molar refractivity (Wildman–Crippen MR) is 43.1 cm³/mol. The maximum atomic E-state index is 10.4. The highest BCUT2D eigenvalue weighted by Crippen LogP contribution is 2.06. The third kappa shape index (κ3) is 1.55. The lowest BCUT2D eigenvalue weighted by atomic mass is 9.97. The molecular formula is C7H6BNO3. The van der Waals surface area contributed by atoms with Gasteiger partial charge in [0.2, 0.25) is 0 Å². The summed E-state index contributed by atoms with van der Waals surface area (Å²) in [7, 11) is 6.83. The van der Waals surface area contributed by atoms with E-state index in [1.54, 1.807) is 0 Å². The van der Waals surface area contributed by atoms with Crippen molar-refractivity contribution in [2.75, 3.05) is 7.11 Å². The Balaban J connectivity index is 3.13. The molecule has 2 radical (unpaired) electrons. The summed E-state index contributed by atoms with van der Waals surface area (Å²) >= 11 is 0. The van der Waals surface area contributed by atoms with Crippen LogP contribution in [-0.4, -0.2) is 31.0 Å². The Morgan fingerprint density at radius 1 is 1.75 bits per heavy atom. The van der Waals surface area contributed by atoms with Crippen molar-refractivity contribution in [2.24, 2.45) is 0 Å². The topological polar surface area (TPSA) is 59.4 Å². The quantitative estimate of drug-likeness (QED) is 0.601. The number of carboxylic acids is 1. The summed E-state index contributed by atoms with van der Waals surface area (Å²) in [5.74, 6) is -0.782. The molecule has 1 aromatic heterocycles. The third-order valence-corrected chi connectivity index (χ3v) is 1.33. The SMILES string of the molecule is [B]c1cnc(C(=O)O)cc1OC. The molecule has 1 N–H and O–H groups in total. The first-order valence-corrected chi connectivity index (χ1v) is 3.18. The summed E-state index contributed by atoms with van der Waals surface area (Å²) in [4.78, 5) is 14.0. The zero-order valence-corrected chi connectivity index (χ0v) is 6.44. The van der Waals surface area contributed by atoms with Crippen molar-refractivity contribution in [1.82, 2.24) is 4.98 Å². The molecule has 1 heterocycles. The minimum absolute atomic E-state index is 0.0824. The fraction of sp³-hybridized carbons (Fsp3) is 0.143. The Labute approximate surface area is 70.6 Å². The fourth-order valence-corrected chi connectivity index (χ4v) is 0.741. The highest BCUT2D eigenvalue weighted by Gasteiger charge is 2.06. The van der Waals surface area contributed by atoms with Gasteiger partial charge in [0.15, 0.2) is 5.69 Å². The summed E-state index contributed by atoms with van der Waals surface area (Å²) in [6.07, 6.45) is 1.25. The minimum atomic E-state index is -1.10. The number of aromatic carboxylic acids is 1. The molecule has 0 amide bonds. The molecule has 0 saturated heterocycles. The van der Waals surface area contributed by atoms with E-state index in [2.05, 4.69) is 4.98 Å². The van der Waals surface area contributed by atoms with Gasteiger partial charge in [0.1, 0.15) is 13.6 Å². The lowest BCUT2D eigenvalue weighted by Gasteiger charge is -2.03. The Morgan fingerprint density at radius 3 is 2.92 bits per heavy atom. The Bertz CT molecular complexity index is 314. The number of hydrogen-bond donors (Lipinski definition) is 1. The molecular weight excluding hydrogens is 157 g/mol. The molecule has 1 aromatic rings. The molecule has 5 heteroatoms. The second-order valence-corrected chi connectivity index (χ2v) is 2.12.